The lowest BCUT2D eigenvalue weighted by Crippen LogP contribution is -2.45. The van der Waals surface area contributed by atoms with Gasteiger partial charge in [0.1, 0.15) is 6.54 Å². The molecule has 1 aliphatic heterocycles. The molecule has 0 radical (unpaired) electrons. The number of fused-ring (bicyclic) bond motifs is 1. The number of aromatic nitrogens is 2. The number of carbonyl (C=O) groups excluding carboxylic acids is 2. The maximum Gasteiger partial charge on any atom is 0.261 e. The third-order valence-electron chi connectivity index (χ3n) is 4.27. The summed E-state index contributed by atoms with van der Waals surface area (Å²) in [5.41, 5.74) is 5.52. The van der Waals surface area contributed by atoms with Crippen LogP contribution in [0.25, 0.3) is 10.9 Å². The summed E-state index contributed by atoms with van der Waals surface area (Å²) < 4.78 is 1.27. The Morgan fingerprint density at radius 3 is 2.92 bits per heavy atom. The molecular formula is C16H17ClN4O3. The van der Waals surface area contributed by atoms with Crippen molar-refractivity contribution in [1.29, 1.82) is 0 Å². The molecule has 1 saturated heterocycles. The van der Waals surface area contributed by atoms with Crippen LogP contribution in [0.5, 0.6) is 0 Å². The molecule has 126 valence electrons. The lowest BCUT2D eigenvalue weighted by Gasteiger charge is -2.31. The first-order valence-corrected chi connectivity index (χ1v) is 8.05. The first kappa shape index (κ1) is 16.4. The summed E-state index contributed by atoms with van der Waals surface area (Å²) in [7, 11) is 0. The number of benzene rings is 1. The number of nitrogens with two attached hydrogens (primary N) is 1. The minimum atomic E-state index is -0.395. The maximum absolute atomic E-state index is 12.5. The molecule has 2 amide bonds. The lowest BCUT2D eigenvalue weighted by atomic mass is 9.97. The molecule has 7 nitrogen and oxygen atoms in total. The molecule has 0 saturated carbocycles. The molecule has 1 aliphatic rings. The van der Waals surface area contributed by atoms with Crippen molar-refractivity contribution in [1.82, 2.24) is 14.5 Å². The van der Waals surface area contributed by atoms with Gasteiger partial charge in [-0.15, -0.1) is 0 Å². The van der Waals surface area contributed by atoms with Crippen LogP contribution in [-0.4, -0.2) is 39.4 Å². The van der Waals surface area contributed by atoms with E-state index < -0.39 is 5.91 Å². The van der Waals surface area contributed by atoms with Crippen LogP contribution in [0.15, 0.2) is 29.3 Å². The average molecular weight is 349 g/mol. The van der Waals surface area contributed by atoms with E-state index >= 15 is 0 Å². The zero-order valence-electron chi connectivity index (χ0n) is 12.9. The van der Waals surface area contributed by atoms with Crippen molar-refractivity contribution in [2.75, 3.05) is 13.1 Å². The smallest absolute Gasteiger partial charge is 0.261 e. The summed E-state index contributed by atoms with van der Waals surface area (Å²) in [5, 5.41) is 0.900. The molecule has 1 aromatic heterocycles. The van der Waals surface area contributed by atoms with Crippen LogP contribution in [0.4, 0.5) is 0 Å². The number of piperidine rings is 1. The van der Waals surface area contributed by atoms with Crippen molar-refractivity contribution < 1.29 is 9.59 Å². The largest absolute Gasteiger partial charge is 0.369 e. The van der Waals surface area contributed by atoms with Crippen molar-refractivity contribution in [2.24, 2.45) is 11.7 Å². The van der Waals surface area contributed by atoms with Crippen LogP contribution in [0.1, 0.15) is 12.8 Å². The molecular weight excluding hydrogens is 332 g/mol. The van der Waals surface area contributed by atoms with Gasteiger partial charge in [-0.3, -0.25) is 19.0 Å². The van der Waals surface area contributed by atoms with Crippen LogP contribution in [0.2, 0.25) is 5.02 Å². The zero-order valence-corrected chi connectivity index (χ0v) is 13.7. The van der Waals surface area contributed by atoms with Crippen molar-refractivity contribution in [2.45, 2.75) is 19.4 Å². The van der Waals surface area contributed by atoms with Crippen LogP contribution >= 0.6 is 11.6 Å². The summed E-state index contributed by atoms with van der Waals surface area (Å²) in [4.78, 5) is 42.0. The topological polar surface area (TPSA) is 98.3 Å². The fraction of sp³-hybridized carbons (Fsp3) is 0.375. The highest BCUT2D eigenvalue weighted by Gasteiger charge is 2.27. The molecule has 24 heavy (non-hydrogen) atoms. The zero-order chi connectivity index (χ0) is 17.3. The molecule has 8 heteroatoms. The van der Waals surface area contributed by atoms with E-state index in [1.54, 1.807) is 23.1 Å². The molecule has 2 aromatic rings. The molecule has 0 aliphatic carbocycles. The molecule has 2 N–H and O–H groups in total. The third kappa shape index (κ3) is 3.26. The Balaban J connectivity index is 1.80. The highest BCUT2D eigenvalue weighted by Crippen LogP contribution is 2.17. The van der Waals surface area contributed by atoms with Gasteiger partial charge in [0.25, 0.3) is 5.56 Å². The number of primary amides is 1. The predicted molar refractivity (Wildman–Crippen MR) is 89.5 cm³/mol. The number of hydrogen-bond donors (Lipinski definition) is 1. The van der Waals surface area contributed by atoms with Crippen molar-refractivity contribution >= 4 is 34.3 Å². The van der Waals surface area contributed by atoms with Crippen molar-refractivity contribution in [3.63, 3.8) is 0 Å². The monoisotopic (exact) mass is 348 g/mol. The number of amides is 2. The van der Waals surface area contributed by atoms with Crippen LogP contribution in [0, 0.1) is 5.92 Å². The van der Waals surface area contributed by atoms with Gasteiger partial charge in [0.05, 0.1) is 23.1 Å². The summed E-state index contributed by atoms with van der Waals surface area (Å²) in [6, 6.07) is 4.81. The Bertz CT molecular complexity index is 864. The van der Waals surface area contributed by atoms with Gasteiger partial charge in [0.15, 0.2) is 0 Å². The van der Waals surface area contributed by atoms with Crippen molar-refractivity contribution in [3.8, 4) is 0 Å². The second-order valence-electron chi connectivity index (χ2n) is 5.92. The number of halogens is 1. The van der Waals surface area contributed by atoms with E-state index in [-0.39, 0.29) is 23.9 Å². The van der Waals surface area contributed by atoms with E-state index in [0.717, 1.165) is 6.42 Å². The summed E-state index contributed by atoms with van der Waals surface area (Å²) >= 11 is 5.89. The molecule has 0 bridgehead atoms. The van der Waals surface area contributed by atoms with E-state index in [4.69, 9.17) is 17.3 Å². The standard InChI is InChI=1S/C16H17ClN4O3/c17-11-3-4-12-13(6-11)19-9-21(16(12)24)8-14(22)20-5-1-2-10(7-20)15(18)23/h3-4,6,9-10H,1-2,5,7-8H2,(H2,18,23)/t10-/m0/s1. The molecule has 3 rings (SSSR count). The Hall–Kier alpha value is -2.41. The van der Waals surface area contributed by atoms with Gasteiger partial charge < -0.3 is 10.6 Å². The van der Waals surface area contributed by atoms with Crippen LogP contribution in [-0.2, 0) is 16.1 Å². The molecule has 2 heterocycles. The average Bonchev–Trinajstić information content (AvgIpc) is 2.57. The highest BCUT2D eigenvalue weighted by atomic mass is 35.5. The summed E-state index contributed by atoms with van der Waals surface area (Å²) in [5.74, 6) is -0.941. The number of likely N-dealkylation sites (tertiary alicyclic amines) is 1. The van der Waals surface area contributed by atoms with Gasteiger partial charge in [-0.2, -0.15) is 0 Å². The number of hydrogen-bond acceptors (Lipinski definition) is 4. The number of nitrogens with zero attached hydrogens (tertiary/aromatic N) is 3. The van der Waals surface area contributed by atoms with Gasteiger partial charge in [-0.1, -0.05) is 11.6 Å². The maximum atomic E-state index is 12.5. The quantitative estimate of drug-likeness (QED) is 0.885. The minimum Gasteiger partial charge on any atom is -0.369 e. The second-order valence-corrected chi connectivity index (χ2v) is 6.36. The van der Waals surface area contributed by atoms with Gasteiger partial charge in [0, 0.05) is 18.1 Å². The Kier molecular flexibility index (Phi) is 4.53. The van der Waals surface area contributed by atoms with Crippen LogP contribution in [0.3, 0.4) is 0 Å². The second kappa shape index (κ2) is 6.60. The number of rotatable bonds is 3. The molecule has 0 unspecified atom stereocenters. The predicted octanol–water partition coefficient (Wildman–Crippen LogP) is 0.774. The number of carbonyl (C=O) groups is 2. The molecule has 1 atom stereocenters. The van der Waals surface area contributed by atoms with Gasteiger partial charge in [-0.25, -0.2) is 4.98 Å². The Labute approximate surface area is 143 Å². The first-order valence-electron chi connectivity index (χ1n) is 7.67. The minimum absolute atomic E-state index is 0.115. The fourth-order valence-corrected chi connectivity index (χ4v) is 3.09. The van der Waals surface area contributed by atoms with Crippen molar-refractivity contribution in [3.05, 3.63) is 39.9 Å². The normalized spacial score (nSPS) is 17.9. The van der Waals surface area contributed by atoms with Gasteiger partial charge in [-0.05, 0) is 31.0 Å². The van der Waals surface area contributed by atoms with Crippen LogP contribution < -0.4 is 11.3 Å². The first-order chi connectivity index (χ1) is 11.5. The van der Waals surface area contributed by atoms with E-state index in [0.29, 0.717) is 35.4 Å². The van der Waals surface area contributed by atoms with Gasteiger partial charge in [0.2, 0.25) is 11.8 Å². The lowest BCUT2D eigenvalue weighted by molar-refractivity contribution is -0.135. The van der Waals surface area contributed by atoms with E-state index in [1.165, 1.54) is 10.9 Å². The van der Waals surface area contributed by atoms with E-state index in [9.17, 15) is 14.4 Å². The summed E-state index contributed by atoms with van der Waals surface area (Å²) in [6.45, 7) is 0.753. The molecule has 1 aromatic carbocycles. The fourth-order valence-electron chi connectivity index (χ4n) is 2.93. The Morgan fingerprint density at radius 2 is 2.17 bits per heavy atom. The van der Waals surface area contributed by atoms with Gasteiger partial charge >= 0.3 is 0 Å². The molecule has 0 spiro atoms. The highest BCUT2D eigenvalue weighted by molar-refractivity contribution is 6.31. The third-order valence-corrected chi connectivity index (χ3v) is 4.50. The molecule has 1 fully saturated rings. The van der Waals surface area contributed by atoms with E-state index in [1.807, 2.05) is 0 Å². The summed E-state index contributed by atoms with van der Waals surface area (Å²) in [6.07, 6.45) is 2.76. The SMILES string of the molecule is NC(=O)[C@H]1CCCN(C(=O)Cn2cnc3cc(Cl)ccc3c2=O)C1. The Morgan fingerprint density at radius 1 is 1.38 bits per heavy atom. The van der Waals surface area contributed by atoms with E-state index in [2.05, 4.69) is 4.98 Å².